The van der Waals surface area contributed by atoms with E-state index in [4.69, 9.17) is 0 Å². The number of aldehydes is 1. The first-order valence-electron chi connectivity index (χ1n) is 4.69. The molecular formula is C9H10N4OS3. The van der Waals surface area contributed by atoms with E-state index in [2.05, 4.69) is 15.3 Å². The van der Waals surface area contributed by atoms with Crippen LogP contribution in [0.25, 0.3) is 0 Å². The summed E-state index contributed by atoms with van der Waals surface area (Å²) in [7, 11) is 1.82. The maximum atomic E-state index is 11.0. The van der Waals surface area contributed by atoms with E-state index in [1.165, 1.54) is 23.1 Å². The van der Waals surface area contributed by atoms with Gasteiger partial charge in [-0.25, -0.2) is 0 Å². The molecule has 2 aromatic heterocycles. The Morgan fingerprint density at radius 3 is 2.65 bits per heavy atom. The molecule has 0 saturated carbocycles. The summed E-state index contributed by atoms with van der Waals surface area (Å²) in [6, 6.07) is 0. The van der Waals surface area contributed by atoms with Crippen molar-refractivity contribution in [1.29, 1.82) is 0 Å². The average molecular weight is 286 g/mol. The first-order valence-corrected chi connectivity index (χ1v) is 7.55. The first kappa shape index (κ1) is 12.6. The van der Waals surface area contributed by atoms with Crippen LogP contribution in [-0.2, 0) is 7.05 Å². The Hall–Kier alpha value is -0.860. The van der Waals surface area contributed by atoms with Crippen LogP contribution in [0.1, 0.15) is 16.1 Å². The van der Waals surface area contributed by atoms with Crippen LogP contribution < -0.4 is 0 Å². The molecule has 0 aliphatic rings. The molecule has 8 heteroatoms. The molecule has 5 nitrogen and oxygen atoms in total. The molecule has 0 bridgehead atoms. The van der Waals surface area contributed by atoms with Crippen LogP contribution in [0.15, 0.2) is 13.7 Å². The van der Waals surface area contributed by atoms with Crippen LogP contribution in [0.4, 0.5) is 0 Å². The molecule has 0 unspecified atom stereocenters. The summed E-state index contributed by atoms with van der Waals surface area (Å²) in [5.74, 6) is 0. The number of hydrogen-bond donors (Lipinski definition) is 0. The number of rotatable bonds is 4. The highest BCUT2D eigenvalue weighted by Crippen LogP contribution is 2.34. The van der Waals surface area contributed by atoms with Gasteiger partial charge >= 0.3 is 0 Å². The third-order valence-electron chi connectivity index (χ3n) is 2.08. The maximum absolute atomic E-state index is 11.0. The fourth-order valence-corrected chi connectivity index (χ4v) is 3.84. The first-order chi connectivity index (χ1) is 8.15. The molecular weight excluding hydrogens is 276 g/mol. The van der Waals surface area contributed by atoms with E-state index in [1.54, 1.807) is 16.4 Å². The molecule has 0 amide bonds. The minimum Gasteiger partial charge on any atom is -0.298 e. The Balaban J connectivity index is 2.32. The third-order valence-corrected chi connectivity index (χ3v) is 5.21. The largest absolute Gasteiger partial charge is 0.298 e. The Labute approximate surface area is 111 Å². The van der Waals surface area contributed by atoms with Gasteiger partial charge in [-0.1, -0.05) is 23.1 Å². The summed E-state index contributed by atoms with van der Waals surface area (Å²) in [6.45, 7) is 1.82. The van der Waals surface area contributed by atoms with Crippen LogP contribution >= 0.6 is 34.9 Å². The highest BCUT2D eigenvalue weighted by atomic mass is 32.2. The van der Waals surface area contributed by atoms with Gasteiger partial charge in [0, 0.05) is 7.05 Å². The minimum absolute atomic E-state index is 0.624. The van der Waals surface area contributed by atoms with Crippen molar-refractivity contribution in [3.8, 4) is 0 Å². The quantitative estimate of drug-likeness (QED) is 0.634. The van der Waals surface area contributed by atoms with Crippen molar-refractivity contribution >= 4 is 41.1 Å². The molecule has 0 aliphatic carbocycles. The number of hydrogen-bond acceptors (Lipinski definition) is 7. The van der Waals surface area contributed by atoms with E-state index in [9.17, 15) is 4.79 Å². The lowest BCUT2D eigenvalue weighted by Crippen LogP contribution is -1.93. The molecule has 0 saturated heterocycles. The highest BCUT2D eigenvalue weighted by molar-refractivity contribution is 8.03. The van der Waals surface area contributed by atoms with Gasteiger partial charge in [-0.3, -0.25) is 9.48 Å². The van der Waals surface area contributed by atoms with Gasteiger partial charge in [0.05, 0.1) is 11.3 Å². The molecule has 17 heavy (non-hydrogen) atoms. The molecule has 0 fully saturated rings. The zero-order valence-electron chi connectivity index (χ0n) is 9.50. The number of aryl methyl sites for hydroxylation is 2. The molecule has 2 aromatic rings. The van der Waals surface area contributed by atoms with Crippen molar-refractivity contribution < 1.29 is 4.79 Å². The maximum Gasteiger partial charge on any atom is 0.181 e. The number of aromatic nitrogens is 4. The Bertz CT molecular complexity index is 548. The molecule has 0 spiro atoms. The number of nitrogens with zero attached hydrogens (tertiary/aromatic N) is 4. The summed E-state index contributed by atoms with van der Waals surface area (Å²) in [6.07, 6.45) is 2.79. The van der Waals surface area contributed by atoms with Gasteiger partial charge in [0.2, 0.25) is 0 Å². The van der Waals surface area contributed by atoms with Crippen molar-refractivity contribution in [3.63, 3.8) is 0 Å². The SMILES string of the molecule is CSc1nnc(Sc2c(C=O)c(C)nn2C)s1. The summed E-state index contributed by atoms with van der Waals surface area (Å²) >= 11 is 4.49. The monoisotopic (exact) mass is 286 g/mol. The van der Waals surface area contributed by atoms with Gasteiger partial charge in [-0.05, 0) is 24.9 Å². The van der Waals surface area contributed by atoms with E-state index in [0.29, 0.717) is 5.56 Å². The Morgan fingerprint density at radius 2 is 2.06 bits per heavy atom. The number of carbonyl (C=O) groups is 1. The van der Waals surface area contributed by atoms with E-state index >= 15 is 0 Å². The van der Waals surface area contributed by atoms with Crippen molar-refractivity contribution in [3.05, 3.63) is 11.3 Å². The molecule has 0 aliphatic heterocycles. The van der Waals surface area contributed by atoms with Crippen LogP contribution in [-0.4, -0.2) is 32.5 Å². The molecule has 0 aromatic carbocycles. The van der Waals surface area contributed by atoms with E-state index in [0.717, 1.165) is 25.7 Å². The second kappa shape index (κ2) is 5.19. The Morgan fingerprint density at radius 1 is 1.35 bits per heavy atom. The van der Waals surface area contributed by atoms with Crippen molar-refractivity contribution in [2.75, 3.05) is 6.26 Å². The molecule has 90 valence electrons. The second-order valence-corrected chi connectivity index (χ2v) is 6.45. The molecule has 0 atom stereocenters. The average Bonchev–Trinajstić information content (AvgIpc) is 2.85. The Kier molecular flexibility index (Phi) is 3.85. The second-order valence-electron chi connectivity index (χ2n) is 3.19. The van der Waals surface area contributed by atoms with Gasteiger partial charge in [-0.15, -0.1) is 10.2 Å². The number of thioether (sulfide) groups is 1. The van der Waals surface area contributed by atoms with Gasteiger partial charge in [0.1, 0.15) is 5.03 Å². The molecule has 0 radical (unpaired) electrons. The van der Waals surface area contributed by atoms with Crippen LogP contribution in [0.3, 0.4) is 0 Å². The molecule has 2 rings (SSSR count). The highest BCUT2D eigenvalue weighted by Gasteiger charge is 2.16. The lowest BCUT2D eigenvalue weighted by molar-refractivity contribution is 0.112. The van der Waals surface area contributed by atoms with E-state index in [-0.39, 0.29) is 0 Å². The predicted molar refractivity (Wildman–Crippen MR) is 69.1 cm³/mol. The third kappa shape index (κ3) is 2.53. The summed E-state index contributed by atoms with van der Waals surface area (Å²) < 4.78 is 3.43. The summed E-state index contributed by atoms with van der Waals surface area (Å²) in [4.78, 5) is 11.0. The molecule has 0 N–H and O–H groups in total. The number of carbonyl (C=O) groups excluding carboxylic acids is 1. The van der Waals surface area contributed by atoms with Gasteiger partial charge in [0.15, 0.2) is 15.0 Å². The fraction of sp³-hybridized carbons (Fsp3) is 0.333. The minimum atomic E-state index is 0.624. The summed E-state index contributed by atoms with van der Waals surface area (Å²) in [5.41, 5.74) is 1.36. The van der Waals surface area contributed by atoms with Crippen LogP contribution in [0.2, 0.25) is 0 Å². The smallest absolute Gasteiger partial charge is 0.181 e. The van der Waals surface area contributed by atoms with Gasteiger partial charge in [0.25, 0.3) is 0 Å². The summed E-state index contributed by atoms with van der Waals surface area (Å²) in [5, 5.41) is 13.1. The topological polar surface area (TPSA) is 60.7 Å². The van der Waals surface area contributed by atoms with E-state index in [1.807, 2.05) is 20.2 Å². The van der Waals surface area contributed by atoms with Gasteiger partial charge in [-0.2, -0.15) is 5.10 Å². The van der Waals surface area contributed by atoms with Crippen LogP contribution in [0, 0.1) is 6.92 Å². The standard InChI is InChI=1S/C9H10N4OS3/c1-5-6(4-14)7(13(2)12-5)16-9-11-10-8(15-3)17-9/h4H,1-3H3. The zero-order valence-corrected chi connectivity index (χ0v) is 11.9. The molecule has 2 heterocycles. The zero-order chi connectivity index (χ0) is 12.4. The van der Waals surface area contributed by atoms with E-state index < -0.39 is 0 Å². The fourth-order valence-electron chi connectivity index (χ4n) is 1.31. The lowest BCUT2D eigenvalue weighted by Gasteiger charge is -1.98. The normalized spacial score (nSPS) is 10.8. The van der Waals surface area contributed by atoms with Crippen molar-refractivity contribution in [1.82, 2.24) is 20.0 Å². The van der Waals surface area contributed by atoms with Gasteiger partial charge < -0.3 is 0 Å². The van der Waals surface area contributed by atoms with Crippen LogP contribution in [0.5, 0.6) is 0 Å². The lowest BCUT2D eigenvalue weighted by atomic mass is 10.3. The van der Waals surface area contributed by atoms with Crippen molar-refractivity contribution in [2.24, 2.45) is 7.05 Å². The predicted octanol–water partition coefficient (Wildman–Crippen LogP) is 2.27. The van der Waals surface area contributed by atoms with Crippen molar-refractivity contribution in [2.45, 2.75) is 20.6 Å².